The van der Waals surface area contributed by atoms with E-state index in [-0.39, 0.29) is 11.8 Å². The zero-order chi connectivity index (χ0) is 25.4. The topological polar surface area (TPSA) is 106 Å². The summed E-state index contributed by atoms with van der Waals surface area (Å²) in [6.07, 6.45) is 5.65. The molecule has 2 N–H and O–H groups in total. The molecule has 0 fully saturated rings. The molecule has 2 heterocycles. The SMILES string of the molecule is CCC(=O)CCCCC[C@H](NC(=O)OC(C)(C)C)c1ncc(-c2cc(OC)c3ccccc3n2)[nH]1. The number of nitrogens with zero attached hydrogens (tertiary/aromatic N) is 2. The molecule has 0 radical (unpaired) electrons. The Labute approximate surface area is 206 Å². The van der Waals surface area contributed by atoms with Gasteiger partial charge in [0, 0.05) is 24.3 Å². The summed E-state index contributed by atoms with van der Waals surface area (Å²) in [4.78, 5) is 36.7. The number of amides is 1. The van der Waals surface area contributed by atoms with E-state index < -0.39 is 11.7 Å². The summed E-state index contributed by atoms with van der Waals surface area (Å²) in [7, 11) is 1.64. The third-order valence-corrected chi connectivity index (χ3v) is 5.63. The van der Waals surface area contributed by atoms with E-state index in [0.29, 0.717) is 30.8 Å². The number of aromatic nitrogens is 3. The molecule has 188 valence electrons. The number of alkyl carbamates (subject to hydrolysis) is 1. The highest BCUT2D eigenvalue weighted by Gasteiger charge is 2.23. The van der Waals surface area contributed by atoms with Crippen LogP contribution in [-0.4, -0.2) is 39.5 Å². The zero-order valence-corrected chi connectivity index (χ0v) is 21.3. The van der Waals surface area contributed by atoms with Gasteiger partial charge in [0.25, 0.3) is 0 Å². The molecule has 8 nitrogen and oxygen atoms in total. The number of aromatic amines is 1. The first-order valence-corrected chi connectivity index (χ1v) is 12.2. The predicted octanol–water partition coefficient (Wildman–Crippen LogP) is 6.13. The molecule has 0 spiro atoms. The summed E-state index contributed by atoms with van der Waals surface area (Å²) in [5.41, 5.74) is 1.65. The number of hydrogen-bond acceptors (Lipinski definition) is 6. The standard InChI is InChI=1S/C27H36N4O4/c1-6-18(32)12-8-7-9-15-21(31-26(33)35-27(2,3)4)25-28-17-23(30-25)22-16-24(34-5)19-13-10-11-14-20(19)29-22/h10-11,13-14,16-17,21H,6-9,12,15H2,1-5H3,(H,28,30)(H,31,33)/t21-/m0/s1. The van der Waals surface area contributed by atoms with Gasteiger partial charge in [-0.15, -0.1) is 0 Å². The van der Waals surface area contributed by atoms with E-state index in [1.54, 1.807) is 13.3 Å². The largest absolute Gasteiger partial charge is 0.496 e. The quantitative estimate of drug-likeness (QED) is 0.320. The molecule has 3 rings (SSSR count). The van der Waals surface area contributed by atoms with E-state index in [1.165, 1.54) is 0 Å². The first-order chi connectivity index (χ1) is 16.7. The summed E-state index contributed by atoms with van der Waals surface area (Å²) < 4.78 is 11.0. The molecular formula is C27H36N4O4. The van der Waals surface area contributed by atoms with Crippen molar-refractivity contribution in [2.24, 2.45) is 0 Å². The second-order valence-electron chi connectivity index (χ2n) is 9.60. The third-order valence-electron chi connectivity index (χ3n) is 5.63. The lowest BCUT2D eigenvalue weighted by Gasteiger charge is -2.23. The van der Waals surface area contributed by atoms with Gasteiger partial charge in [-0.1, -0.05) is 31.9 Å². The Kier molecular flexibility index (Phi) is 8.84. The second-order valence-corrected chi connectivity index (χ2v) is 9.60. The monoisotopic (exact) mass is 480 g/mol. The minimum absolute atomic E-state index is 0.280. The van der Waals surface area contributed by atoms with Gasteiger partial charge in [-0.05, 0) is 45.7 Å². The molecule has 1 aromatic carbocycles. The number of benzene rings is 1. The normalized spacial score (nSPS) is 12.4. The molecule has 1 amide bonds. The number of para-hydroxylation sites is 1. The number of carbonyl (C=O) groups is 2. The van der Waals surface area contributed by atoms with E-state index in [0.717, 1.165) is 41.6 Å². The minimum atomic E-state index is -0.602. The molecule has 0 saturated heterocycles. The highest BCUT2D eigenvalue weighted by molar-refractivity contribution is 5.87. The minimum Gasteiger partial charge on any atom is -0.496 e. The lowest BCUT2D eigenvalue weighted by atomic mass is 10.0. The van der Waals surface area contributed by atoms with Gasteiger partial charge in [0.05, 0.1) is 36.3 Å². The van der Waals surface area contributed by atoms with Crippen LogP contribution in [0.3, 0.4) is 0 Å². The highest BCUT2D eigenvalue weighted by Crippen LogP contribution is 2.30. The molecule has 1 atom stereocenters. The van der Waals surface area contributed by atoms with Gasteiger partial charge >= 0.3 is 6.09 Å². The van der Waals surface area contributed by atoms with Crippen molar-refractivity contribution in [3.63, 3.8) is 0 Å². The summed E-state index contributed by atoms with van der Waals surface area (Å²) in [6.45, 7) is 7.37. The van der Waals surface area contributed by atoms with Crippen LogP contribution >= 0.6 is 0 Å². The Bertz CT molecular complexity index is 1150. The van der Waals surface area contributed by atoms with Gasteiger partial charge < -0.3 is 19.8 Å². The number of methoxy groups -OCH3 is 1. The highest BCUT2D eigenvalue weighted by atomic mass is 16.6. The molecule has 35 heavy (non-hydrogen) atoms. The van der Waals surface area contributed by atoms with Crippen molar-refractivity contribution >= 4 is 22.8 Å². The first-order valence-electron chi connectivity index (χ1n) is 12.2. The molecule has 8 heteroatoms. The molecular weight excluding hydrogens is 444 g/mol. The molecule has 0 aliphatic rings. The Balaban J connectivity index is 1.79. The molecule has 0 saturated carbocycles. The van der Waals surface area contributed by atoms with Crippen molar-refractivity contribution in [1.82, 2.24) is 20.3 Å². The zero-order valence-electron chi connectivity index (χ0n) is 21.3. The van der Waals surface area contributed by atoms with Crippen LogP contribution in [0.15, 0.2) is 36.5 Å². The molecule has 0 aliphatic heterocycles. The number of nitrogens with one attached hydrogen (secondary N) is 2. The maximum absolute atomic E-state index is 12.5. The smallest absolute Gasteiger partial charge is 0.408 e. The molecule has 0 bridgehead atoms. The summed E-state index contributed by atoms with van der Waals surface area (Å²) in [5, 5.41) is 3.89. The van der Waals surface area contributed by atoms with Crippen molar-refractivity contribution in [1.29, 1.82) is 0 Å². The fourth-order valence-corrected chi connectivity index (χ4v) is 3.85. The lowest BCUT2D eigenvalue weighted by molar-refractivity contribution is -0.118. The Morgan fingerprint density at radius 2 is 1.91 bits per heavy atom. The van der Waals surface area contributed by atoms with Crippen LogP contribution in [-0.2, 0) is 9.53 Å². The van der Waals surface area contributed by atoms with Gasteiger partial charge in [-0.25, -0.2) is 14.8 Å². The molecule has 0 unspecified atom stereocenters. The van der Waals surface area contributed by atoms with Crippen LogP contribution in [0.4, 0.5) is 4.79 Å². The number of pyridine rings is 1. The maximum atomic E-state index is 12.5. The summed E-state index contributed by atoms with van der Waals surface area (Å²) in [6, 6.07) is 9.31. The predicted molar refractivity (Wildman–Crippen MR) is 136 cm³/mol. The Morgan fingerprint density at radius 1 is 1.14 bits per heavy atom. The fourth-order valence-electron chi connectivity index (χ4n) is 3.85. The number of H-pyrrole nitrogens is 1. The van der Waals surface area contributed by atoms with Crippen LogP contribution < -0.4 is 10.1 Å². The number of rotatable bonds is 11. The van der Waals surface area contributed by atoms with Gasteiger partial charge in [-0.3, -0.25) is 4.79 Å². The van der Waals surface area contributed by atoms with E-state index >= 15 is 0 Å². The third kappa shape index (κ3) is 7.53. The Hall–Kier alpha value is -3.42. The summed E-state index contributed by atoms with van der Waals surface area (Å²) in [5.74, 6) is 1.64. The van der Waals surface area contributed by atoms with Crippen LogP contribution in [0.5, 0.6) is 5.75 Å². The van der Waals surface area contributed by atoms with Crippen LogP contribution in [0.2, 0.25) is 0 Å². The number of unbranched alkanes of at least 4 members (excludes halogenated alkanes) is 2. The first kappa shape index (κ1) is 26.2. The number of fused-ring (bicyclic) bond motifs is 1. The van der Waals surface area contributed by atoms with Crippen molar-refractivity contribution in [2.45, 2.75) is 77.9 Å². The number of ether oxygens (including phenoxy) is 2. The van der Waals surface area contributed by atoms with Gasteiger partial charge in [0.1, 0.15) is 23.0 Å². The van der Waals surface area contributed by atoms with Gasteiger partial charge in [0.15, 0.2) is 0 Å². The summed E-state index contributed by atoms with van der Waals surface area (Å²) >= 11 is 0. The van der Waals surface area contributed by atoms with Crippen molar-refractivity contribution in [3.05, 3.63) is 42.4 Å². The van der Waals surface area contributed by atoms with Crippen molar-refractivity contribution in [2.75, 3.05) is 7.11 Å². The number of Topliss-reactive ketones (excluding diaryl/α,β-unsaturated/α-hetero) is 1. The van der Waals surface area contributed by atoms with Crippen LogP contribution in [0, 0.1) is 0 Å². The average Bonchev–Trinajstić information content (AvgIpc) is 3.31. The van der Waals surface area contributed by atoms with E-state index in [9.17, 15) is 9.59 Å². The van der Waals surface area contributed by atoms with E-state index in [1.807, 2.05) is 58.0 Å². The second kappa shape index (κ2) is 11.8. The average molecular weight is 481 g/mol. The molecule has 0 aliphatic carbocycles. The fraction of sp³-hybridized carbons (Fsp3) is 0.481. The Morgan fingerprint density at radius 3 is 2.63 bits per heavy atom. The van der Waals surface area contributed by atoms with Crippen molar-refractivity contribution < 1.29 is 19.1 Å². The number of imidazole rings is 1. The molecule has 2 aromatic heterocycles. The molecule has 3 aromatic rings. The number of ketones is 1. The number of hydrogen-bond donors (Lipinski definition) is 2. The van der Waals surface area contributed by atoms with Gasteiger partial charge in [0.2, 0.25) is 0 Å². The maximum Gasteiger partial charge on any atom is 0.408 e. The van der Waals surface area contributed by atoms with Gasteiger partial charge in [-0.2, -0.15) is 0 Å². The van der Waals surface area contributed by atoms with E-state index in [4.69, 9.17) is 14.5 Å². The van der Waals surface area contributed by atoms with Crippen molar-refractivity contribution in [3.8, 4) is 17.1 Å². The number of carbonyl (C=O) groups excluding carboxylic acids is 2. The van der Waals surface area contributed by atoms with Crippen LogP contribution in [0.1, 0.15) is 78.1 Å². The van der Waals surface area contributed by atoms with E-state index in [2.05, 4.69) is 15.3 Å². The van der Waals surface area contributed by atoms with Crippen LogP contribution in [0.25, 0.3) is 22.3 Å². The lowest BCUT2D eigenvalue weighted by Crippen LogP contribution is -2.35.